The highest BCUT2D eigenvalue weighted by Crippen LogP contribution is 2.22. The summed E-state index contributed by atoms with van der Waals surface area (Å²) in [6, 6.07) is 8.80. The highest BCUT2D eigenvalue weighted by atomic mass is 16.5. The zero-order valence-corrected chi connectivity index (χ0v) is 14.4. The number of nitrogen functional groups attached to an aromatic ring is 1. The Kier molecular flexibility index (Phi) is 5.02. The molecule has 2 heterocycles. The van der Waals surface area contributed by atoms with E-state index in [0.29, 0.717) is 23.1 Å². The number of aromatic nitrogens is 2. The second kappa shape index (κ2) is 7.56. The van der Waals surface area contributed by atoms with Crippen LogP contribution in [0.2, 0.25) is 0 Å². The molecule has 0 aliphatic carbocycles. The van der Waals surface area contributed by atoms with E-state index in [1.807, 2.05) is 12.1 Å². The predicted octanol–water partition coefficient (Wildman–Crippen LogP) is 2.27. The fourth-order valence-electron chi connectivity index (χ4n) is 2.34. The van der Waals surface area contributed by atoms with Gasteiger partial charge in [-0.2, -0.15) is 0 Å². The van der Waals surface area contributed by atoms with Crippen molar-refractivity contribution in [3.05, 3.63) is 53.9 Å². The van der Waals surface area contributed by atoms with E-state index in [4.69, 9.17) is 19.6 Å². The molecule has 1 amide bonds. The Labute approximate surface area is 150 Å². The van der Waals surface area contributed by atoms with E-state index in [0.717, 1.165) is 5.56 Å². The van der Waals surface area contributed by atoms with Crippen LogP contribution in [0.3, 0.4) is 0 Å². The summed E-state index contributed by atoms with van der Waals surface area (Å²) in [5.74, 6) is 1.77. The molecule has 8 heteroatoms. The van der Waals surface area contributed by atoms with E-state index in [1.54, 1.807) is 32.4 Å². The third-order valence-electron chi connectivity index (χ3n) is 3.67. The van der Waals surface area contributed by atoms with Gasteiger partial charge in [0.2, 0.25) is 0 Å². The van der Waals surface area contributed by atoms with Crippen LogP contribution < -0.4 is 20.5 Å². The molecule has 0 saturated carbocycles. The first-order chi connectivity index (χ1) is 12.6. The molecule has 1 aromatic carbocycles. The number of hydrogen-bond acceptors (Lipinski definition) is 7. The summed E-state index contributed by atoms with van der Waals surface area (Å²) in [5, 5.41) is 2.78. The summed E-state index contributed by atoms with van der Waals surface area (Å²) in [5.41, 5.74) is 6.91. The summed E-state index contributed by atoms with van der Waals surface area (Å²) < 4.78 is 15.6. The lowest BCUT2D eigenvalue weighted by Gasteiger charge is -2.10. The van der Waals surface area contributed by atoms with E-state index in [-0.39, 0.29) is 23.8 Å². The minimum atomic E-state index is -0.379. The molecule has 3 aromatic rings. The molecular formula is C18H18N4O4. The first-order valence-corrected chi connectivity index (χ1v) is 7.77. The summed E-state index contributed by atoms with van der Waals surface area (Å²) in [4.78, 5) is 20.6. The zero-order chi connectivity index (χ0) is 18.5. The Bertz CT molecular complexity index is 887. The molecule has 0 aliphatic rings. The summed E-state index contributed by atoms with van der Waals surface area (Å²) in [6.07, 6.45) is 2.89. The minimum Gasteiger partial charge on any atom is -0.497 e. The predicted molar refractivity (Wildman–Crippen MR) is 94.9 cm³/mol. The van der Waals surface area contributed by atoms with Gasteiger partial charge < -0.3 is 24.9 Å². The van der Waals surface area contributed by atoms with Crippen LogP contribution in [-0.4, -0.2) is 30.1 Å². The van der Waals surface area contributed by atoms with Gasteiger partial charge in [0.25, 0.3) is 5.91 Å². The van der Waals surface area contributed by atoms with Crippen LogP contribution in [0, 0.1) is 0 Å². The number of ether oxygens (including phenoxy) is 2. The molecular weight excluding hydrogens is 336 g/mol. The molecule has 8 nitrogen and oxygen atoms in total. The number of carbonyl (C=O) groups is 1. The zero-order valence-electron chi connectivity index (χ0n) is 14.4. The smallest absolute Gasteiger partial charge is 0.256 e. The Balaban J connectivity index is 1.72. The number of furan rings is 1. The molecule has 0 fully saturated rings. The van der Waals surface area contributed by atoms with E-state index >= 15 is 0 Å². The topological polar surface area (TPSA) is 112 Å². The third-order valence-corrected chi connectivity index (χ3v) is 3.67. The molecule has 0 atom stereocenters. The summed E-state index contributed by atoms with van der Waals surface area (Å²) in [6.45, 7) is 0.270. The number of hydrogen-bond donors (Lipinski definition) is 2. The maximum atomic E-state index is 12.4. The largest absolute Gasteiger partial charge is 0.497 e. The van der Waals surface area contributed by atoms with Gasteiger partial charge in [-0.3, -0.25) is 4.79 Å². The third kappa shape index (κ3) is 3.75. The summed E-state index contributed by atoms with van der Waals surface area (Å²) >= 11 is 0. The maximum Gasteiger partial charge on any atom is 0.256 e. The first-order valence-electron chi connectivity index (χ1n) is 7.77. The maximum absolute atomic E-state index is 12.4. The average Bonchev–Trinajstić information content (AvgIpc) is 3.20. The van der Waals surface area contributed by atoms with Crippen molar-refractivity contribution in [1.82, 2.24) is 15.3 Å². The van der Waals surface area contributed by atoms with Gasteiger partial charge in [0, 0.05) is 18.8 Å². The molecule has 0 radical (unpaired) electrons. The molecule has 134 valence electrons. The molecule has 0 bridgehead atoms. The average molecular weight is 354 g/mol. The SMILES string of the molecule is COc1cc(CNC(=O)c2cnc(-c3ccco3)nc2N)cc(OC)c1. The Morgan fingerprint density at radius 1 is 1.23 bits per heavy atom. The lowest BCUT2D eigenvalue weighted by molar-refractivity contribution is 0.0951. The number of anilines is 1. The quantitative estimate of drug-likeness (QED) is 0.698. The standard InChI is InChI=1S/C18H18N4O4/c1-24-12-6-11(7-13(8-12)25-2)9-21-18(23)14-10-20-17(22-16(14)19)15-4-3-5-26-15/h3-8,10H,9H2,1-2H3,(H,21,23)(H2,19,20,22). The van der Waals surface area contributed by atoms with Crippen LogP contribution in [0.5, 0.6) is 11.5 Å². The van der Waals surface area contributed by atoms with Gasteiger partial charge >= 0.3 is 0 Å². The molecule has 3 N–H and O–H groups in total. The highest BCUT2D eigenvalue weighted by Gasteiger charge is 2.14. The number of nitrogens with zero attached hydrogens (tertiary/aromatic N) is 2. The van der Waals surface area contributed by atoms with Gasteiger partial charge in [0.05, 0.1) is 26.0 Å². The monoisotopic (exact) mass is 354 g/mol. The van der Waals surface area contributed by atoms with E-state index in [9.17, 15) is 4.79 Å². The number of benzene rings is 1. The minimum absolute atomic E-state index is 0.0760. The van der Waals surface area contributed by atoms with E-state index in [2.05, 4.69) is 15.3 Å². The van der Waals surface area contributed by atoms with Gasteiger partial charge in [0.15, 0.2) is 11.6 Å². The second-order valence-electron chi connectivity index (χ2n) is 5.37. The normalized spacial score (nSPS) is 10.4. The van der Waals surface area contributed by atoms with Crippen molar-refractivity contribution < 1.29 is 18.7 Å². The highest BCUT2D eigenvalue weighted by molar-refractivity contribution is 5.98. The van der Waals surface area contributed by atoms with Crippen LogP contribution in [0.4, 0.5) is 5.82 Å². The van der Waals surface area contributed by atoms with Crippen LogP contribution in [-0.2, 0) is 6.54 Å². The van der Waals surface area contributed by atoms with Crippen LogP contribution in [0.25, 0.3) is 11.6 Å². The fraction of sp³-hybridized carbons (Fsp3) is 0.167. The van der Waals surface area contributed by atoms with Crippen molar-refractivity contribution in [3.8, 4) is 23.1 Å². The second-order valence-corrected chi connectivity index (χ2v) is 5.37. The van der Waals surface area contributed by atoms with Crippen molar-refractivity contribution in [3.63, 3.8) is 0 Å². The van der Waals surface area contributed by atoms with Gasteiger partial charge in [-0.05, 0) is 29.8 Å². The number of rotatable bonds is 6. The summed E-state index contributed by atoms with van der Waals surface area (Å²) in [7, 11) is 3.13. The Hall–Kier alpha value is -3.55. The lowest BCUT2D eigenvalue weighted by atomic mass is 10.2. The van der Waals surface area contributed by atoms with Crippen LogP contribution >= 0.6 is 0 Å². The van der Waals surface area contributed by atoms with Crippen molar-refractivity contribution in [1.29, 1.82) is 0 Å². The Morgan fingerprint density at radius 3 is 2.54 bits per heavy atom. The number of nitrogens with two attached hydrogens (primary N) is 1. The van der Waals surface area contributed by atoms with E-state index in [1.165, 1.54) is 12.5 Å². The van der Waals surface area contributed by atoms with Crippen molar-refractivity contribution >= 4 is 11.7 Å². The molecule has 26 heavy (non-hydrogen) atoms. The fourth-order valence-corrected chi connectivity index (χ4v) is 2.34. The van der Waals surface area contributed by atoms with Crippen molar-refractivity contribution in [2.45, 2.75) is 6.54 Å². The molecule has 3 rings (SSSR count). The van der Waals surface area contributed by atoms with Crippen molar-refractivity contribution in [2.24, 2.45) is 0 Å². The van der Waals surface area contributed by atoms with Crippen LogP contribution in [0.1, 0.15) is 15.9 Å². The lowest BCUT2D eigenvalue weighted by Crippen LogP contribution is -2.24. The van der Waals surface area contributed by atoms with Gasteiger partial charge in [0.1, 0.15) is 17.3 Å². The molecule has 2 aromatic heterocycles. The van der Waals surface area contributed by atoms with E-state index < -0.39 is 0 Å². The molecule has 0 spiro atoms. The van der Waals surface area contributed by atoms with Gasteiger partial charge in [-0.1, -0.05) is 0 Å². The number of methoxy groups -OCH3 is 2. The van der Waals surface area contributed by atoms with Crippen LogP contribution in [0.15, 0.2) is 47.2 Å². The van der Waals surface area contributed by atoms with Gasteiger partial charge in [-0.15, -0.1) is 0 Å². The molecule has 0 saturated heterocycles. The van der Waals surface area contributed by atoms with Crippen molar-refractivity contribution in [2.75, 3.05) is 20.0 Å². The first kappa shape index (κ1) is 17.3. The number of carbonyl (C=O) groups excluding carboxylic acids is 1. The molecule has 0 unspecified atom stereocenters. The molecule has 0 aliphatic heterocycles. The number of amides is 1. The number of nitrogens with one attached hydrogen (secondary N) is 1. The van der Waals surface area contributed by atoms with Gasteiger partial charge in [-0.25, -0.2) is 9.97 Å². The Morgan fingerprint density at radius 2 is 1.96 bits per heavy atom.